The molecule has 1 aromatic carbocycles. The fraction of sp³-hybridized carbons (Fsp3) is 0.438. The summed E-state index contributed by atoms with van der Waals surface area (Å²) < 4.78 is 4.87. The highest BCUT2D eigenvalue weighted by Crippen LogP contribution is 2.19. The number of imide groups is 1. The predicted octanol–water partition coefficient (Wildman–Crippen LogP) is -0.122. The number of nitrogens with zero attached hydrogens (tertiary/aromatic N) is 1. The number of carbonyl (C=O) groups excluding carboxylic acids is 3. The highest BCUT2D eigenvalue weighted by molar-refractivity contribution is 5.97. The van der Waals surface area contributed by atoms with Crippen molar-refractivity contribution in [1.82, 2.24) is 20.9 Å². The summed E-state index contributed by atoms with van der Waals surface area (Å²) in [5.41, 5.74) is 0.686. The molecular weight excluding hydrogens is 312 g/mol. The van der Waals surface area contributed by atoms with E-state index in [9.17, 15) is 14.4 Å². The largest absolute Gasteiger partial charge is 0.383 e. The molecule has 0 saturated carbocycles. The Morgan fingerprint density at radius 3 is 2.46 bits per heavy atom. The maximum atomic E-state index is 12.4. The lowest BCUT2D eigenvalue weighted by Crippen LogP contribution is -2.47. The summed E-state index contributed by atoms with van der Waals surface area (Å²) in [5, 5.41) is 7.28. The summed E-state index contributed by atoms with van der Waals surface area (Å²) in [6.07, 6.45) is 0. The SMILES string of the molecule is CNC(=O)NC(=O)[C@@H](c1ccccc1)N(C)CC(=O)NCCOC. The van der Waals surface area contributed by atoms with Crippen molar-refractivity contribution in [3.05, 3.63) is 35.9 Å². The van der Waals surface area contributed by atoms with Gasteiger partial charge in [-0.3, -0.25) is 19.8 Å². The summed E-state index contributed by atoms with van der Waals surface area (Å²) in [5.74, 6) is -0.740. The minimum atomic E-state index is -0.767. The monoisotopic (exact) mass is 336 g/mol. The molecule has 132 valence electrons. The summed E-state index contributed by atoms with van der Waals surface area (Å²) in [7, 11) is 4.62. The van der Waals surface area contributed by atoms with Gasteiger partial charge in [-0.25, -0.2) is 4.79 Å². The van der Waals surface area contributed by atoms with Crippen molar-refractivity contribution in [1.29, 1.82) is 0 Å². The molecule has 0 bridgehead atoms. The number of rotatable bonds is 8. The zero-order valence-electron chi connectivity index (χ0n) is 14.2. The smallest absolute Gasteiger partial charge is 0.321 e. The van der Waals surface area contributed by atoms with E-state index in [1.807, 2.05) is 6.07 Å². The third-order valence-electron chi connectivity index (χ3n) is 3.29. The molecule has 0 aromatic heterocycles. The lowest BCUT2D eigenvalue weighted by atomic mass is 10.0. The van der Waals surface area contributed by atoms with Gasteiger partial charge in [0.05, 0.1) is 13.2 Å². The normalized spacial score (nSPS) is 11.7. The van der Waals surface area contributed by atoms with Crippen LogP contribution in [0.4, 0.5) is 4.79 Å². The van der Waals surface area contributed by atoms with Gasteiger partial charge < -0.3 is 15.4 Å². The zero-order valence-corrected chi connectivity index (χ0v) is 14.2. The summed E-state index contributed by atoms with van der Waals surface area (Å²) in [6, 6.07) is 7.59. The fourth-order valence-electron chi connectivity index (χ4n) is 2.15. The third kappa shape index (κ3) is 6.35. The second-order valence-corrected chi connectivity index (χ2v) is 5.14. The number of amides is 4. The number of methoxy groups -OCH3 is 1. The van der Waals surface area contributed by atoms with Gasteiger partial charge in [0.1, 0.15) is 6.04 Å². The number of nitrogens with one attached hydrogen (secondary N) is 3. The van der Waals surface area contributed by atoms with E-state index in [4.69, 9.17) is 4.74 Å². The topological polar surface area (TPSA) is 99.8 Å². The molecular formula is C16H24N4O4. The van der Waals surface area contributed by atoms with Crippen molar-refractivity contribution in [2.45, 2.75) is 6.04 Å². The molecule has 24 heavy (non-hydrogen) atoms. The van der Waals surface area contributed by atoms with E-state index in [0.29, 0.717) is 18.7 Å². The van der Waals surface area contributed by atoms with Crippen LogP contribution >= 0.6 is 0 Å². The summed E-state index contributed by atoms with van der Waals surface area (Å²) >= 11 is 0. The lowest BCUT2D eigenvalue weighted by molar-refractivity contribution is -0.127. The van der Waals surface area contributed by atoms with E-state index in [1.54, 1.807) is 43.3 Å². The standard InChI is InChI=1S/C16H24N4O4/c1-17-16(23)19-15(22)14(12-7-5-4-6-8-12)20(2)11-13(21)18-9-10-24-3/h4-8,14H,9-11H2,1-3H3,(H,18,21)(H2,17,19,22,23)/t14-/m1/s1. The Bertz CT molecular complexity index is 550. The molecule has 0 heterocycles. The molecule has 0 aliphatic carbocycles. The third-order valence-corrected chi connectivity index (χ3v) is 3.29. The Labute approximate surface area is 141 Å². The van der Waals surface area contributed by atoms with Crippen molar-refractivity contribution in [3.63, 3.8) is 0 Å². The van der Waals surface area contributed by atoms with Crippen LogP contribution in [-0.4, -0.2) is 63.6 Å². The van der Waals surface area contributed by atoms with Gasteiger partial charge in [-0.1, -0.05) is 30.3 Å². The molecule has 1 atom stereocenters. The molecule has 0 spiro atoms. The van der Waals surface area contributed by atoms with Gasteiger partial charge in [0.15, 0.2) is 0 Å². The van der Waals surface area contributed by atoms with E-state index in [-0.39, 0.29) is 12.5 Å². The van der Waals surface area contributed by atoms with Crippen LogP contribution in [0.25, 0.3) is 0 Å². The Balaban J connectivity index is 2.82. The molecule has 0 aliphatic rings. The number of ether oxygens (including phenoxy) is 1. The van der Waals surface area contributed by atoms with Crippen LogP contribution in [0.2, 0.25) is 0 Å². The molecule has 8 heteroatoms. The number of hydrogen-bond donors (Lipinski definition) is 3. The first-order valence-corrected chi connectivity index (χ1v) is 7.53. The molecule has 4 amide bonds. The van der Waals surface area contributed by atoms with Gasteiger partial charge in [0, 0.05) is 20.7 Å². The van der Waals surface area contributed by atoms with Crippen LogP contribution in [0.1, 0.15) is 11.6 Å². The Morgan fingerprint density at radius 1 is 1.21 bits per heavy atom. The van der Waals surface area contributed by atoms with Gasteiger partial charge in [0.2, 0.25) is 11.8 Å². The Hall–Kier alpha value is -2.45. The molecule has 0 fully saturated rings. The van der Waals surface area contributed by atoms with Crippen molar-refractivity contribution < 1.29 is 19.1 Å². The molecule has 1 aromatic rings. The molecule has 8 nitrogen and oxygen atoms in total. The van der Waals surface area contributed by atoms with Crippen molar-refractivity contribution in [3.8, 4) is 0 Å². The predicted molar refractivity (Wildman–Crippen MR) is 89.3 cm³/mol. The quantitative estimate of drug-likeness (QED) is 0.575. The number of likely N-dealkylation sites (N-methyl/N-ethyl adjacent to an activating group) is 1. The summed E-state index contributed by atoms with van der Waals surface area (Å²) in [6.45, 7) is 0.808. The Morgan fingerprint density at radius 2 is 1.88 bits per heavy atom. The Kier molecular flexibility index (Phi) is 8.45. The van der Waals surface area contributed by atoms with Crippen LogP contribution in [-0.2, 0) is 14.3 Å². The molecule has 0 unspecified atom stereocenters. The molecule has 0 radical (unpaired) electrons. The van der Waals surface area contributed by atoms with Gasteiger partial charge in [-0.15, -0.1) is 0 Å². The second-order valence-electron chi connectivity index (χ2n) is 5.14. The first-order chi connectivity index (χ1) is 11.5. The number of urea groups is 1. The van der Waals surface area contributed by atoms with Crippen molar-refractivity contribution >= 4 is 17.8 Å². The maximum Gasteiger partial charge on any atom is 0.321 e. The van der Waals surface area contributed by atoms with Crippen LogP contribution in [0.3, 0.4) is 0 Å². The summed E-state index contributed by atoms with van der Waals surface area (Å²) in [4.78, 5) is 37.4. The fourth-order valence-corrected chi connectivity index (χ4v) is 2.15. The second kappa shape index (κ2) is 10.3. The minimum absolute atomic E-state index is 0.00440. The van der Waals surface area contributed by atoms with Gasteiger partial charge in [-0.2, -0.15) is 0 Å². The maximum absolute atomic E-state index is 12.4. The molecule has 0 saturated heterocycles. The highest BCUT2D eigenvalue weighted by Gasteiger charge is 2.27. The van der Waals surface area contributed by atoms with Gasteiger partial charge in [-0.05, 0) is 12.6 Å². The van der Waals surface area contributed by atoms with Crippen LogP contribution in [0.5, 0.6) is 0 Å². The molecule has 3 N–H and O–H groups in total. The van der Waals surface area contributed by atoms with Crippen molar-refractivity contribution in [2.24, 2.45) is 0 Å². The van der Waals surface area contributed by atoms with E-state index >= 15 is 0 Å². The molecule has 1 rings (SSSR count). The van der Waals surface area contributed by atoms with Gasteiger partial charge >= 0.3 is 6.03 Å². The average Bonchev–Trinajstić information content (AvgIpc) is 2.56. The van der Waals surface area contributed by atoms with Crippen LogP contribution in [0, 0.1) is 0 Å². The van der Waals surface area contributed by atoms with E-state index in [2.05, 4.69) is 16.0 Å². The van der Waals surface area contributed by atoms with Gasteiger partial charge in [0.25, 0.3) is 0 Å². The van der Waals surface area contributed by atoms with E-state index < -0.39 is 18.0 Å². The number of hydrogen-bond acceptors (Lipinski definition) is 5. The highest BCUT2D eigenvalue weighted by atomic mass is 16.5. The van der Waals surface area contributed by atoms with E-state index in [0.717, 1.165) is 0 Å². The average molecular weight is 336 g/mol. The van der Waals surface area contributed by atoms with Crippen molar-refractivity contribution in [2.75, 3.05) is 40.9 Å². The van der Waals surface area contributed by atoms with Crippen LogP contribution < -0.4 is 16.0 Å². The number of carbonyl (C=O) groups is 3. The minimum Gasteiger partial charge on any atom is -0.383 e. The first kappa shape index (κ1) is 19.6. The lowest BCUT2D eigenvalue weighted by Gasteiger charge is -2.26. The van der Waals surface area contributed by atoms with E-state index in [1.165, 1.54) is 7.05 Å². The van der Waals surface area contributed by atoms with Crippen LogP contribution in [0.15, 0.2) is 30.3 Å². The number of benzene rings is 1. The first-order valence-electron chi connectivity index (χ1n) is 7.53. The zero-order chi connectivity index (χ0) is 17.9. The molecule has 0 aliphatic heterocycles.